The third kappa shape index (κ3) is 13.6. The Morgan fingerprint density at radius 1 is 0.744 bits per heavy atom. The SMILES string of the molecule is O=C(CCCCCCCCCCN(Cc1ccccn1)Cc1ccccn1)CCc1ccc(NS(=O)O)cc1. The number of hydrogen-bond donors (Lipinski definition) is 2. The molecule has 0 spiro atoms. The smallest absolute Gasteiger partial charge is 0.259 e. The van der Waals surface area contributed by atoms with Gasteiger partial charge < -0.3 is 0 Å². The second-order valence-electron chi connectivity index (χ2n) is 10.0. The van der Waals surface area contributed by atoms with Gasteiger partial charge in [-0.3, -0.25) is 28.9 Å². The zero-order chi connectivity index (χ0) is 27.5. The Kier molecular flexibility index (Phi) is 14.4. The van der Waals surface area contributed by atoms with Crippen molar-refractivity contribution in [3.8, 4) is 0 Å². The highest BCUT2D eigenvalue weighted by Crippen LogP contribution is 2.15. The van der Waals surface area contributed by atoms with E-state index in [0.29, 0.717) is 30.7 Å². The van der Waals surface area contributed by atoms with Crippen molar-refractivity contribution in [1.82, 2.24) is 14.9 Å². The molecule has 0 saturated heterocycles. The van der Waals surface area contributed by atoms with E-state index >= 15 is 0 Å². The molecule has 7 nitrogen and oxygen atoms in total. The lowest BCUT2D eigenvalue weighted by Crippen LogP contribution is -2.25. The maximum atomic E-state index is 12.2. The van der Waals surface area contributed by atoms with E-state index in [4.69, 9.17) is 4.55 Å². The number of aromatic nitrogens is 2. The number of rotatable bonds is 20. The lowest BCUT2D eigenvalue weighted by Gasteiger charge is -2.21. The summed E-state index contributed by atoms with van der Waals surface area (Å²) in [5, 5.41) is 0. The van der Waals surface area contributed by atoms with Gasteiger partial charge in [0.1, 0.15) is 5.78 Å². The van der Waals surface area contributed by atoms with Crippen LogP contribution < -0.4 is 4.72 Å². The van der Waals surface area contributed by atoms with Crippen LogP contribution in [-0.4, -0.2) is 36.0 Å². The summed E-state index contributed by atoms with van der Waals surface area (Å²) in [4.78, 5) is 23.7. The standard InChI is InChI=1S/C31H42N4O3S/c36-31(21-18-27-16-19-28(20-17-27)34-39(37)38)15-7-5-3-1-2-4-6-12-24-35(25-29-13-8-10-22-32-29)26-30-14-9-11-23-33-30/h8-11,13-14,16-17,19-20,22-23,34H,1-7,12,15,18,21,24-26H2,(H,37,38). The van der Waals surface area contributed by atoms with Crippen molar-refractivity contribution >= 4 is 22.7 Å². The molecular weight excluding hydrogens is 508 g/mol. The molecule has 0 aliphatic heterocycles. The number of nitrogens with one attached hydrogen (secondary N) is 1. The number of carbonyl (C=O) groups is 1. The number of pyridine rings is 2. The molecule has 2 N–H and O–H groups in total. The van der Waals surface area contributed by atoms with Crippen LogP contribution in [0.5, 0.6) is 0 Å². The van der Waals surface area contributed by atoms with Crippen LogP contribution in [0.2, 0.25) is 0 Å². The van der Waals surface area contributed by atoms with E-state index in [9.17, 15) is 9.00 Å². The molecule has 2 aromatic heterocycles. The third-order valence-electron chi connectivity index (χ3n) is 6.76. The molecule has 210 valence electrons. The highest BCUT2D eigenvalue weighted by atomic mass is 32.2. The van der Waals surface area contributed by atoms with Crippen LogP contribution in [0.1, 0.15) is 81.2 Å². The fourth-order valence-corrected chi connectivity index (χ4v) is 4.96. The Bertz CT molecular complexity index is 1060. The first-order chi connectivity index (χ1) is 19.1. The van der Waals surface area contributed by atoms with E-state index < -0.39 is 11.3 Å². The van der Waals surface area contributed by atoms with E-state index in [1.165, 1.54) is 38.5 Å². The normalized spacial score (nSPS) is 11.9. The summed E-state index contributed by atoms with van der Waals surface area (Å²) in [5.41, 5.74) is 3.84. The maximum absolute atomic E-state index is 12.2. The molecule has 0 saturated carbocycles. The lowest BCUT2D eigenvalue weighted by molar-refractivity contribution is -0.119. The average Bonchev–Trinajstić information content (AvgIpc) is 2.94. The molecule has 0 radical (unpaired) electrons. The summed E-state index contributed by atoms with van der Waals surface area (Å²) in [6, 6.07) is 19.5. The van der Waals surface area contributed by atoms with Crippen LogP contribution in [0.3, 0.4) is 0 Å². The molecule has 3 aromatic rings. The van der Waals surface area contributed by atoms with Crippen molar-refractivity contribution < 1.29 is 13.6 Å². The van der Waals surface area contributed by atoms with E-state index in [0.717, 1.165) is 49.4 Å². The number of nitrogens with zero attached hydrogens (tertiary/aromatic N) is 3. The molecule has 8 heteroatoms. The number of ketones is 1. The van der Waals surface area contributed by atoms with Gasteiger partial charge in [0.05, 0.1) is 11.4 Å². The summed E-state index contributed by atoms with van der Waals surface area (Å²) in [6.07, 6.45) is 15.1. The zero-order valence-electron chi connectivity index (χ0n) is 22.8. The molecule has 1 aromatic carbocycles. The fourth-order valence-electron chi connectivity index (χ4n) is 4.62. The zero-order valence-corrected chi connectivity index (χ0v) is 23.7. The van der Waals surface area contributed by atoms with Crippen LogP contribution in [0.25, 0.3) is 0 Å². The molecule has 0 amide bonds. The van der Waals surface area contributed by atoms with Crippen molar-refractivity contribution in [2.75, 3.05) is 11.3 Å². The van der Waals surface area contributed by atoms with Crippen LogP contribution in [-0.2, 0) is 35.6 Å². The predicted molar refractivity (Wildman–Crippen MR) is 158 cm³/mol. The number of Topliss-reactive ketones (excluding diaryl/α,β-unsaturated/α-hetero) is 1. The van der Waals surface area contributed by atoms with E-state index in [-0.39, 0.29) is 0 Å². The van der Waals surface area contributed by atoms with Crippen molar-refractivity contribution in [3.63, 3.8) is 0 Å². The van der Waals surface area contributed by atoms with Crippen molar-refractivity contribution in [2.24, 2.45) is 0 Å². The first-order valence-corrected chi connectivity index (χ1v) is 15.2. The summed E-state index contributed by atoms with van der Waals surface area (Å²) < 4.78 is 22.0. The monoisotopic (exact) mass is 550 g/mol. The van der Waals surface area contributed by atoms with Gasteiger partial charge in [0.25, 0.3) is 11.3 Å². The lowest BCUT2D eigenvalue weighted by atomic mass is 10.0. The minimum absolute atomic E-state index is 0.314. The molecule has 39 heavy (non-hydrogen) atoms. The number of anilines is 1. The van der Waals surface area contributed by atoms with Crippen LogP contribution in [0.4, 0.5) is 5.69 Å². The highest BCUT2D eigenvalue weighted by molar-refractivity contribution is 7.80. The first-order valence-electron chi connectivity index (χ1n) is 14.1. The van der Waals surface area contributed by atoms with Gasteiger partial charge in [0.15, 0.2) is 0 Å². The van der Waals surface area contributed by atoms with Crippen LogP contribution in [0.15, 0.2) is 73.1 Å². The molecule has 0 aliphatic carbocycles. The minimum atomic E-state index is -2.07. The quantitative estimate of drug-likeness (QED) is 0.119. The van der Waals surface area contributed by atoms with Gasteiger partial charge in [-0.15, -0.1) is 0 Å². The minimum Gasteiger partial charge on any atom is -0.300 e. The van der Waals surface area contributed by atoms with Gasteiger partial charge in [-0.25, -0.2) is 4.21 Å². The predicted octanol–water partition coefficient (Wildman–Crippen LogP) is 6.74. The van der Waals surface area contributed by atoms with Gasteiger partial charge in [0.2, 0.25) is 0 Å². The number of benzene rings is 1. The molecule has 1 atom stereocenters. The summed E-state index contributed by atoms with van der Waals surface area (Å²) in [6.45, 7) is 2.72. The number of aryl methyl sites for hydroxylation is 1. The second kappa shape index (κ2) is 18.4. The molecule has 0 aliphatic rings. The van der Waals surface area contributed by atoms with Gasteiger partial charge in [-0.2, -0.15) is 0 Å². The summed E-state index contributed by atoms with van der Waals surface area (Å²) >= 11 is -2.07. The number of unbranched alkanes of at least 4 members (excludes halogenated alkanes) is 7. The topological polar surface area (TPSA) is 95.4 Å². The van der Waals surface area contributed by atoms with Crippen molar-refractivity contribution in [2.45, 2.75) is 83.7 Å². The van der Waals surface area contributed by atoms with Gasteiger partial charge in [-0.05, 0) is 67.8 Å². The molecule has 2 heterocycles. The Morgan fingerprint density at radius 3 is 1.85 bits per heavy atom. The molecule has 3 rings (SSSR count). The highest BCUT2D eigenvalue weighted by Gasteiger charge is 2.09. The van der Waals surface area contributed by atoms with E-state index in [2.05, 4.69) is 31.7 Å². The molecule has 0 fully saturated rings. The van der Waals surface area contributed by atoms with E-state index in [1.54, 1.807) is 12.1 Å². The summed E-state index contributed by atoms with van der Waals surface area (Å²) in [7, 11) is 0. The van der Waals surface area contributed by atoms with Gasteiger partial charge in [0, 0.05) is 44.0 Å². The van der Waals surface area contributed by atoms with Crippen LogP contribution >= 0.6 is 0 Å². The fraction of sp³-hybridized carbons (Fsp3) is 0.452. The van der Waals surface area contributed by atoms with Crippen molar-refractivity contribution in [3.05, 3.63) is 90.0 Å². The largest absolute Gasteiger partial charge is 0.300 e. The molecular formula is C31H42N4O3S. The molecule has 0 bridgehead atoms. The third-order valence-corrected chi connectivity index (χ3v) is 7.17. The Balaban J connectivity index is 1.20. The number of hydrogen-bond acceptors (Lipinski definition) is 5. The van der Waals surface area contributed by atoms with Gasteiger partial charge in [-0.1, -0.05) is 62.8 Å². The van der Waals surface area contributed by atoms with Gasteiger partial charge >= 0.3 is 0 Å². The Labute approximate surface area is 235 Å². The first kappa shape index (κ1) is 30.6. The van der Waals surface area contributed by atoms with Crippen LogP contribution in [0, 0.1) is 0 Å². The molecule has 1 unspecified atom stereocenters. The van der Waals surface area contributed by atoms with Crippen molar-refractivity contribution in [1.29, 1.82) is 0 Å². The average molecular weight is 551 g/mol. The summed E-state index contributed by atoms with van der Waals surface area (Å²) in [5.74, 6) is 0.314. The second-order valence-corrected chi connectivity index (χ2v) is 10.7. The Hall–Kier alpha value is -2.94. The number of carbonyl (C=O) groups excluding carboxylic acids is 1. The van der Waals surface area contributed by atoms with E-state index in [1.807, 2.05) is 48.8 Å². The maximum Gasteiger partial charge on any atom is 0.259 e. The Morgan fingerprint density at radius 2 is 1.31 bits per heavy atom.